The summed E-state index contributed by atoms with van der Waals surface area (Å²) in [5, 5.41) is 13.2. The molecule has 0 saturated heterocycles. The molecule has 1 aliphatic rings. The maximum Gasteiger partial charge on any atom is 0.422 e. The van der Waals surface area contributed by atoms with E-state index in [1.165, 1.54) is 12.1 Å². The van der Waals surface area contributed by atoms with Crippen LogP contribution in [0.15, 0.2) is 18.2 Å². The number of alkyl halides is 3. The highest BCUT2D eigenvalue weighted by Crippen LogP contribution is 2.30. The fourth-order valence-electron chi connectivity index (χ4n) is 2.78. The van der Waals surface area contributed by atoms with Crippen molar-refractivity contribution in [2.24, 2.45) is 0 Å². The van der Waals surface area contributed by atoms with E-state index >= 15 is 0 Å². The number of aromatic nitrogens is 3. The molecule has 1 amide bonds. The molecule has 0 fully saturated rings. The lowest BCUT2D eigenvalue weighted by Gasteiger charge is -2.12. The molecule has 1 aliphatic heterocycles. The van der Waals surface area contributed by atoms with Crippen LogP contribution in [0.1, 0.15) is 21.7 Å². The first-order valence-electron chi connectivity index (χ1n) is 8.07. The van der Waals surface area contributed by atoms with Crippen LogP contribution < -0.4 is 15.4 Å². The zero-order valence-corrected chi connectivity index (χ0v) is 14.6. The first-order valence-corrected chi connectivity index (χ1v) is 8.89. The molecule has 27 heavy (non-hydrogen) atoms. The molecular weight excluding hydrogens is 383 g/mol. The van der Waals surface area contributed by atoms with Crippen molar-refractivity contribution >= 4 is 32.6 Å². The number of aromatic amines is 1. The third kappa shape index (κ3) is 3.88. The zero-order chi connectivity index (χ0) is 19.0. The molecule has 0 radical (unpaired) electrons. The number of halogens is 3. The van der Waals surface area contributed by atoms with E-state index in [2.05, 4.69) is 25.8 Å². The number of thiazole rings is 1. The third-order valence-electron chi connectivity index (χ3n) is 4.00. The van der Waals surface area contributed by atoms with Crippen LogP contribution in [0.5, 0.6) is 5.75 Å². The smallest absolute Gasteiger partial charge is 0.422 e. The third-order valence-corrected chi connectivity index (χ3v) is 4.94. The van der Waals surface area contributed by atoms with Crippen molar-refractivity contribution < 1.29 is 22.7 Å². The number of carbonyl (C=O) groups excluding carboxylic acids is 1. The summed E-state index contributed by atoms with van der Waals surface area (Å²) >= 11 is 1.15. The number of anilines is 1. The number of rotatable bonds is 4. The molecule has 4 rings (SSSR count). The van der Waals surface area contributed by atoms with Gasteiger partial charge in [0.2, 0.25) is 0 Å². The number of benzene rings is 1. The summed E-state index contributed by atoms with van der Waals surface area (Å²) in [4.78, 5) is 16.8. The zero-order valence-electron chi connectivity index (χ0n) is 13.8. The molecule has 142 valence electrons. The monoisotopic (exact) mass is 397 g/mol. The molecule has 7 nitrogen and oxygen atoms in total. The second-order valence-electron chi connectivity index (χ2n) is 5.96. The number of hydrogen-bond acceptors (Lipinski definition) is 6. The van der Waals surface area contributed by atoms with Crippen LogP contribution in [-0.4, -0.2) is 40.4 Å². The van der Waals surface area contributed by atoms with Gasteiger partial charge in [-0.1, -0.05) is 11.3 Å². The second-order valence-corrected chi connectivity index (χ2v) is 6.99. The summed E-state index contributed by atoms with van der Waals surface area (Å²) in [6.45, 7) is 0.0282. The number of hydrogen-bond donors (Lipinski definition) is 3. The summed E-state index contributed by atoms with van der Waals surface area (Å²) < 4.78 is 42.1. The Morgan fingerprint density at radius 2 is 2.22 bits per heavy atom. The predicted octanol–water partition coefficient (Wildman–Crippen LogP) is 2.86. The molecule has 3 heterocycles. The number of nitrogens with zero attached hydrogens (tertiary/aromatic N) is 2. The fraction of sp³-hybridized carbons (Fsp3) is 0.312. The van der Waals surface area contributed by atoms with Gasteiger partial charge in [-0.25, -0.2) is 4.98 Å². The topological polar surface area (TPSA) is 91.9 Å². The maximum absolute atomic E-state index is 12.5. The quantitative estimate of drug-likeness (QED) is 0.630. The van der Waals surface area contributed by atoms with Gasteiger partial charge in [-0.3, -0.25) is 15.2 Å². The predicted molar refractivity (Wildman–Crippen MR) is 93.1 cm³/mol. The minimum Gasteiger partial charge on any atom is -0.484 e. The van der Waals surface area contributed by atoms with Gasteiger partial charge >= 0.3 is 6.18 Å². The normalized spacial score (nSPS) is 14.2. The van der Waals surface area contributed by atoms with Gasteiger partial charge < -0.3 is 10.1 Å². The Labute approximate surface area is 154 Å². The lowest BCUT2D eigenvalue weighted by atomic mass is 10.1. The van der Waals surface area contributed by atoms with Crippen LogP contribution in [-0.2, 0) is 13.0 Å². The van der Waals surface area contributed by atoms with E-state index in [0.717, 1.165) is 35.6 Å². The largest absolute Gasteiger partial charge is 0.484 e. The van der Waals surface area contributed by atoms with Crippen LogP contribution in [0.3, 0.4) is 0 Å². The highest BCUT2D eigenvalue weighted by molar-refractivity contribution is 7.22. The number of ether oxygens (including phenoxy) is 1. The van der Waals surface area contributed by atoms with Crippen molar-refractivity contribution in [2.75, 3.05) is 18.5 Å². The van der Waals surface area contributed by atoms with Crippen LogP contribution >= 0.6 is 11.3 Å². The van der Waals surface area contributed by atoms with Crippen molar-refractivity contribution in [1.82, 2.24) is 20.5 Å². The number of fused-ring (bicyclic) bond motifs is 2. The Morgan fingerprint density at radius 1 is 1.37 bits per heavy atom. The summed E-state index contributed by atoms with van der Waals surface area (Å²) in [5.41, 5.74) is 2.64. The highest BCUT2D eigenvalue weighted by Gasteiger charge is 2.28. The number of carbonyl (C=O) groups is 1. The summed E-state index contributed by atoms with van der Waals surface area (Å²) in [5.74, 6) is -0.294. The van der Waals surface area contributed by atoms with Gasteiger partial charge in [0.1, 0.15) is 5.75 Å². The average molecular weight is 397 g/mol. The Kier molecular flexibility index (Phi) is 4.48. The summed E-state index contributed by atoms with van der Waals surface area (Å²) in [7, 11) is 0. The van der Waals surface area contributed by atoms with Gasteiger partial charge in [0.25, 0.3) is 5.91 Å². The molecule has 3 aromatic rings. The van der Waals surface area contributed by atoms with Gasteiger partial charge in [-0.2, -0.15) is 18.3 Å². The molecule has 0 unspecified atom stereocenters. The minimum absolute atomic E-state index is 0.0915. The van der Waals surface area contributed by atoms with Gasteiger partial charge in [0.15, 0.2) is 17.4 Å². The van der Waals surface area contributed by atoms with Crippen molar-refractivity contribution in [3.05, 3.63) is 35.2 Å². The number of nitrogens with one attached hydrogen (secondary N) is 3. The minimum atomic E-state index is -4.40. The molecule has 0 spiro atoms. The molecule has 0 atom stereocenters. The SMILES string of the molecule is O=C(Nc1nc2ccc(OCC(F)(F)F)cc2s1)c1n[nH]c2c1CNCC2. The molecule has 1 aromatic carbocycles. The summed E-state index contributed by atoms with van der Waals surface area (Å²) in [6.07, 6.45) is -3.63. The van der Waals surface area contributed by atoms with Crippen molar-refractivity contribution in [3.63, 3.8) is 0 Å². The van der Waals surface area contributed by atoms with E-state index in [4.69, 9.17) is 4.74 Å². The molecule has 11 heteroatoms. The van der Waals surface area contributed by atoms with E-state index in [-0.39, 0.29) is 11.7 Å². The van der Waals surface area contributed by atoms with Gasteiger partial charge in [-0.05, 0) is 18.2 Å². The average Bonchev–Trinajstić information content (AvgIpc) is 3.22. The van der Waals surface area contributed by atoms with Gasteiger partial charge in [-0.15, -0.1) is 0 Å². The second kappa shape index (κ2) is 6.82. The molecular formula is C16H14F3N5O2S. The first-order chi connectivity index (χ1) is 12.9. The lowest BCUT2D eigenvalue weighted by molar-refractivity contribution is -0.153. The van der Waals surface area contributed by atoms with Crippen molar-refractivity contribution in [1.29, 1.82) is 0 Å². The Balaban J connectivity index is 1.50. The van der Waals surface area contributed by atoms with Crippen LogP contribution in [0.2, 0.25) is 0 Å². The number of amides is 1. The Morgan fingerprint density at radius 3 is 3.04 bits per heavy atom. The van der Waals surface area contributed by atoms with E-state index in [1.54, 1.807) is 6.07 Å². The fourth-order valence-corrected chi connectivity index (χ4v) is 3.67. The van der Waals surface area contributed by atoms with Gasteiger partial charge in [0, 0.05) is 30.8 Å². The maximum atomic E-state index is 12.5. The standard InChI is InChI=1S/C16H14F3N5O2S/c17-16(18,19)7-26-8-1-2-11-12(5-8)27-15(21-11)22-14(25)13-9-6-20-4-3-10(9)23-24-13/h1-2,5,20H,3-4,6-7H2,(H,23,24)(H,21,22,25). The molecule has 3 N–H and O–H groups in total. The van der Waals surface area contributed by atoms with Crippen LogP contribution in [0.25, 0.3) is 10.2 Å². The molecule has 0 bridgehead atoms. The Hall–Kier alpha value is -2.66. The van der Waals surface area contributed by atoms with E-state index in [9.17, 15) is 18.0 Å². The first kappa shape index (κ1) is 17.7. The van der Waals surface area contributed by atoms with Gasteiger partial charge in [0.05, 0.1) is 10.2 Å². The highest BCUT2D eigenvalue weighted by atomic mass is 32.1. The van der Waals surface area contributed by atoms with E-state index in [1.807, 2.05) is 0 Å². The number of H-pyrrole nitrogens is 1. The van der Waals surface area contributed by atoms with Crippen molar-refractivity contribution in [2.45, 2.75) is 19.1 Å². The van der Waals surface area contributed by atoms with E-state index in [0.29, 0.717) is 27.6 Å². The van der Waals surface area contributed by atoms with E-state index < -0.39 is 12.8 Å². The van der Waals surface area contributed by atoms with Crippen LogP contribution in [0, 0.1) is 0 Å². The molecule has 0 saturated carbocycles. The lowest BCUT2D eigenvalue weighted by Crippen LogP contribution is -2.25. The Bertz CT molecular complexity index is 998. The summed E-state index contributed by atoms with van der Waals surface area (Å²) in [6, 6.07) is 4.43. The van der Waals surface area contributed by atoms with Crippen molar-refractivity contribution in [3.8, 4) is 5.75 Å². The van der Waals surface area contributed by atoms with Crippen LogP contribution in [0.4, 0.5) is 18.3 Å². The molecule has 0 aliphatic carbocycles. The molecule has 2 aromatic heterocycles.